The Morgan fingerprint density at radius 2 is 2.00 bits per heavy atom. The Kier molecular flexibility index (Phi) is 6.73. The van der Waals surface area contributed by atoms with Crippen molar-refractivity contribution in [2.75, 3.05) is 38.2 Å². The molecule has 0 unspecified atom stereocenters. The summed E-state index contributed by atoms with van der Waals surface area (Å²) in [4.78, 5) is 15.9. The number of sulfonamides is 1. The molecule has 1 saturated heterocycles. The van der Waals surface area contributed by atoms with Crippen LogP contribution in [-0.2, 0) is 19.6 Å². The number of halogens is 2. The summed E-state index contributed by atoms with van der Waals surface area (Å²) < 4.78 is 37.2. The van der Waals surface area contributed by atoms with Gasteiger partial charge in [0, 0.05) is 19.3 Å². The molecule has 1 N–H and O–H groups in total. The average Bonchev–Trinajstić information content (AvgIpc) is 2.69. The molecule has 2 aromatic rings. The van der Waals surface area contributed by atoms with Crippen LogP contribution in [0.4, 0.5) is 5.69 Å². The molecule has 28 heavy (non-hydrogen) atoms. The van der Waals surface area contributed by atoms with Gasteiger partial charge in [0.2, 0.25) is 10.0 Å². The molecule has 150 valence electrons. The van der Waals surface area contributed by atoms with E-state index in [4.69, 9.17) is 32.7 Å². The van der Waals surface area contributed by atoms with Crippen molar-refractivity contribution in [3.05, 3.63) is 46.7 Å². The minimum Gasteiger partial charge on any atom is -0.482 e. The summed E-state index contributed by atoms with van der Waals surface area (Å²) in [5, 5.41) is 2.81. The van der Waals surface area contributed by atoms with E-state index >= 15 is 0 Å². The molecule has 1 amide bonds. The number of benzene rings is 1. The number of rotatable bonds is 6. The maximum Gasteiger partial charge on any atom is 0.262 e. The van der Waals surface area contributed by atoms with E-state index in [-0.39, 0.29) is 40.5 Å². The minimum atomic E-state index is -3.67. The van der Waals surface area contributed by atoms with E-state index in [9.17, 15) is 13.2 Å². The van der Waals surface area contributed by atoms with Crippen LogP contribution in [0.5, 0.6) is 5.75 Å². The third-order valence-corrected chi connectivity index (χ3v) is 6.39. The fourth-order valence-corrected chi connectivity index (χ4v) is 4.41. The molecule has 1 aliphatic rings. The lowest BCUT2D eigenvalue weighted by atomic mass is 10.3. The van der Waals surface area contributed by atoms with Crippen LogP contribution in [0.25, 0.3) is 0 Å². The zero-order valence-corrected chi connectivity index (χ0v) is 16.9. The Hall–Kier alpha value is -1.91. The van der Waals surface area contributed by atoms with Crippen molar-refractivity contribution in [3.8, 4) is 5.75 Å². The van der Waals surface area contributed by atoms with Gasteiger partial charge in [-0.25, -0.2) is 13.4 Å². The standard InChI is InChI=1S/C17H17Cl2N3O5S/c18-13-10-12(28(24,25)22-6-8-26-9-7-22)3-4-15(13)27-11-16(23)21-14-2-1-5-20-17(14)19/h1-5,10H,6-9,11H2,(H,21,23). The Morgan fingerprint density at radius 3 is 2.68 bits per heavy atom. The predicted octanol–water partition coefficient (Wildman–Crippen LogP) is 2.43. The summed E-state index contributed by atoms with van der Waals surface area (Å²) in [6, 6.07) is 7.35. The van der Waals surface area contributed by atoms with Crippen molar-refractivity contribution in [1.29, 1.82) is 0 Å². The highest BCUT2D eigenvalue weighted by Gasteiger charge is 2.27. The van der Waals surface area contributed by atoms with E-state index in [1.807, 2.05) is 0 Å². The Labute approximate surface area is 172 Å². The number of morpholine rings is 1. The number of hydrogen-bond acceptors (Lipinski definition) is 6. The summed E-state index contributed by atoms with van der Waals surface area (Å²) >= 11 is 12.0. The monoisotopic (exact) mass is 445 g/mol. The lowest BCUT2D eigenvalue weighted by Crippen LogP contribution is -2.40. The molecule has 3 rings (SSSR count). The van der Waals surface area contributed by atoms with Crippen molar-refractivity contribution in [2.24, 2.45) is 0 Å². The number of nitrogens with zero attached hydrogens (tertiary/aromatic N) is 2. The first-order valence-corrected chi connectivity index (χ1v) is 10.5. The molecule has 1 fully saturated rings. The predicted molar refractivity (Wildman–Crippen MR) is 104 cm³/mol. The van der Waals surface area contributed by atoms with Gasteiger partial charge < -0.3 is 14.8 Å². The van der Waals surface area contributed by atoms with Crippen LogP contribution in [-0.4, -0.2) is 56.5 Å². The molecule has 0 radical (unpaired) electrons. The number of hydrogen-bond donors (Lipinski definition) is 1. The van der Waals surface area contributed by atoms with Crippen molar-refractivity contribution in [2.45, 2.75) is 4.90 Å². The second-order valence-electron chi connectivity index (χ2n) is 5.79. The number of aromatic nitrogens is 1. The number of amides is 1. The van der Waals surface area contributed by atoms with Gasteiger partial charge in [0.15, 0.2) is 11.8 Å². The van der Waals surface area contributed by atoms with Gasteiger partial charge in [-0.15, -0.1) is 0 Å². The Bertz CT molecular complexity index is 965. The first-order chi connectivity index (χ1) is 13.4. The number of anilines is 1. The Morgan fingerprint density at radius 1 is 1.25 bits per heavy atom. The van der Waals surface area contributed by atoms with Crippen LogP contribution in [0.3, 0.4) is 0 Å². The van der Waals surface area contributed by atoms with Crippen LogP contribution < -0.4 is 10.1 Å². The minimum absolute atomic E-state index is 0.0540. The van der Waals surface area contributed by atoms with Gasteiger partial charge in [-0.2, -0.15) is 4.31 Å². The van der Waals surface area contributed by atoms with E-state index in [0.29, 0.717) is 18.9 Å². The topological polar surface area (TPSA) is 97.8 Å². The summed E-state index contributed by atoms with van der Waals surface area (Å²) in [7, 11) is -3.67. The molecular formula is C17H17Cl2N3O5S. The number of carbonyl (C=O) groups is 1. The third-order valence-electron chi connectivity index (χ3n) is 3.90. The fourth-order valence-electron chi connectivity index (χ4n) is 2.50. The second kappa shape index (κ2) is 9.06. The SMILES string of the molecule is O=C(COc1ccc(S(=O)(=O)N2CCOCC2)cc1Cl)Nc1cccnc1Cl. The molecule has 1 aliphatic heterocycles. The van der Waals surface area contributed by atoms with Gasteiger partial charge in [0.05, 0.1) is 28.8 Å². The molecule has 0 spiro atoms. The molecule has 0 atom stereocenters. The Balaban J connectivity index is 1.64. The summed E-state index contributed by atoms with van der Waals surface area (Å²) in [6.07, 6.45) is 1.50. The van der Waals surface area contributed by atoms with Crippen LogP contribution in [0.1, 0.15) is 0 Å². The van der Waals surface area contributed by atoms with E-state index in [1.54, 1.807) is 12.1 Å². The molecule has 1 aromatic heterocycles. The van der Waals surface area contributed by atoms with Crippen LogP contribution >= 0.6 is 23.2 Å². The average molecular weight is 446 g/mol. The van der Waals surface area contributed by atoms with E-state index < -0.39 is 15.9 Å². The number of carbonyl (C=O) groups excluding carboxylic acids is 1. The number of nitrogens with one attached hydrogen (secondary N) is 1. The first-order valence-electron chi connectivity index (χ1n) is 8.28. The van der Waals surface area contributed by atoms with Crippen molar-refractivity contribution >= 4 is 44.8 Å². The molecule has 1 aromatic carbocycles. The van der Waals surface area contributed by atoms with Gasteiger partial charge >= 0.3 is 0 Å². The lowest BCUT2D eigenvalue weighted by Gasteiger charge is -2.26. The molecule has 8 nitrogen and oxygen atoms in total. The molecule has 2 heterocycles. The molecule has 0 aliphatic carbocycles. The van der Waals surface area contributed by atoms with Gasteiger partial charge in [-0.1, -0.05) is 23.2 Å². The largest absolute Gasteiger partial charge is 0.482 e. The highest BCUT2D eigenvalue weighted by molar-refractivity contribution is 7.89. The summed E-state index contributed by atoms with van der Waals surface area (Å²) in [5.74, 6) is -0.272. The summed E-state index contributed by atoms with van der Waals surface area (Å²) in [5.41, 5.74) is 0.357. The molecule has 0 saturated carbocycles. The smallest absolute Gasteiger partial charge is 0.262 e. The normalized spacial score (nSPS) is 15.2. The number of ether oxygens (including phenoxy) is 2. The third kappa shape index (κ3) is 4.92. The maximum atomic E-state index is 12.6. The molecular weight excluding hydrogens is 429 g/mol. The fraction of sp³-hybridized carbons (Fsp3) is 0.294. The van der Waals surface area contributed by atoms with Gasteiger partial charge in [0.25, 0.3) is 5.91 Å². The second-order valence-corrected chi connectivity index (χ2v) is 8.49. The zero-order valence-electron chi connectivity index (χ0n) is 14.6. The highest BCUT2D eigenvalue weighted by Crippen LogP contribution is 2.29. The van der Waals surface area contributed by atoms with Crippen molar-refractivity contribution in [3.63, 3.8) is 0 Å². The maximum absolute atomic E-state index is 12.6. The van der Waals surface area contributed by atoms with E-state index in [0.717, 1.165) is 0 Å². The first kappa shape index (κ1) is 20.8. The molecule has 0 bridgehead atoms. The van der Waals surface area contributed by atoms with Gasteiger partial charge in [-0.05, 0) is 30.3 Å². The zero-order chi connectivity index (χ0) is 20.1. The molecule has 11 heteroatoms. The van der Waals surface area contributed by atoms with Crippen LogP contribution in [0, 0.1) is 0 Å². The van der Waals surface area contributed by atoms with Crippen LogP contribution in [0.15, 0.2) is 41.4 Å². The lowest BCUT2D eigenvalue weighted by molar-refractivity contribution is -0.118. The quantitative estimate of drug-likeness (QED) is 0.685. The van der Waals surface area contributed by atoms with Crippen molar-refractivity contribution < 1.29 is 22.7 Å². The van der Waals surface area contributed by atoms with Gasteiger partial charge in [-0.3, -0.25) is 4.79 Å². The highest BCUT2D eigenvalue weighted by atomic mass is 35.5. The van der Waals surface area contributed by atoms with Gasteiger partial charge in [0.1, 0.15) is 5.75 Å². The summed E-state index contributed by atoms with van der Waals surface area (Å²) in [6.45, 7) is 0.944. The van der Waals surface area contributed by atoms with Crippen molar-refractivity contribution in [1.82, 2.24) is 9.29 Å². The van der Waals surface area contributed by atoms with E-state index in [2.05, 4.69) is 10.3 Å². The van der Waals surface area contributed by atoms with E-state index in [1.165, 1.54) is 28.7 Å². The number of pyridine rings is 1. The van der Waals surface area contributed by atoms with Crippen LogP contribution in [0.2, 0.25) is 10.2 Å².